The van der Waals surface area contributed by atoms with Crippen LogP contribution in [0.4, 0.5) is 0 Å². The standard InChI is InChI=1S/C27H25ClN8O3S/c1-33-13-17(12-29)10-22(33)24-23-25(31-36(24)15-18-8-9-30-21-7-6-19(28)11-20(18)21)35(14-16-4-5-16)27(32-40(3,38)39)34(2)26(23)37/h6-11,13,16H,4-5,14-15H2,1-3H3/b32-27+. The highest BCUT2D eigenvalue weighted by atomic mass is 35.5. The van der Waals surface area contributed by atoms with Crippen LogP contribution in [-0.2, 0) is 37.2 Å². The van der Waals surface area contributed by atoms with Gasteiger partial charge in [0.2, 0.25) is 5.62 Å². The Morgan fingerprint density at radius 2 is 1.98 bits per heavy atom. The Bertz CT molecular complexity index is 2130. The molecule has 0 spiro atoms. The van der Waals surface area contributed by atoms with E-state index in [1.807, 2.05) is 18.2 Å². The van der Waals surface area contributed by atoms with Crippen molar-refractivity contribution in [1.82, 2.24) is 28.5 Å². The summed E-state index contributed by atoms with van der Waals surface area (Å²) in [5.41, 5.74) is 3.14. The van der Waals surface area contributed by atoms with Gasteiger partial charge in [0.15, 0.2) is 5.65 Å². The molecule has 4 heterocycles. The van der Waals surface area contributed by atoms with Crippen molar-refractivity contribution < 1.29 is 8.42 Å². The fraction of sp³-hybridized carbons (Fsp3) is 0.296. The van der Waals surface area contributed by atoms with Crippen molar-refractivity contribution >= 4 is 43.6 Å². The number of halogens is 1. The summed E-state index contributed by atoms with van der Waals surface area (Å²) in [6.45, 7) is 0.737. The van der Waals surface area contributed by atoms with Crippen LogP contribution in [-0.4, -0.2) is 43.1 Å². The monoisotopic (exact) mass is 576 g/mol. The first-order valence-electron chi connectivity index (χ1n) is 12.6. The van der Waals surface area contributed by atoms with Crippen LogP contribution < -0.4 is 11.2 Å². The lowest BCUT2D eigenvalue weighted by Crippen LogP contribution is -2.40. The summed E-state index contributed by atoms with van der Waals surface area (Å²) in [4.78, 5) is 18.4. The molecule has 204 valence electrons. The lowest BCUT2D eigenvalue weighted by molar-refractivity contribution is 0.556. The van der Waals surface area contributed by atoms with Crippen LogP contribution in [0, 0.1) is 17.2 Å². The molecule has 0 amide bonds. The minimum absolute atomic E-state index is 0.0221. The molecular formula is C27H25ClN8O3S. The highest BCUT2D eigenvalue weighted by Crippen LogP contribution is 2.33. The van der Waals surface area contributed by atoms with E-state index >= 15 is 0 Å². The summed E-state index contributed by atoms with van der Waals surface area (Å²) < 4.78 is 34.9. The normalized spacial score (nSPS) is 14.3. The quantitative estimate of drug-likeness (QED) is 0.305. The number of rotatable bonds is 6. The van der Waals surface area contributed by atoms with Gasteiger partial charge in [0.25, 0.3) is 15.6 Å². The van der Waals surface area contributed by atoms with Crippen molar-refractivity contribution in [3.8, 4) is 17.5 Å². The number of sulfonamides is 1. The van der Waals surface area contributed by atoms with Crippen molar-refractivity contribution in [2.75, 3.05) is 6.26 Å². The molecule has 0 atom stereocenters. The van der Waals surface area contributed by atoms with Crippen LogP contribution in [0.2, 0.25) is 5.02 Å². The average Bonchev–Trinajstić information content (AvgIpc) is 3.54. The van der Waals surface area contributed by atoms with Gasteiger partial charge in [-0.25, -0.2) is 8.42 Å². The zero-order chi connectivity index (χ0) is 28.3. The van der Waals surface area contributed by atoms with Gasteiger partial charge < -0.3 is 4.57 Å². The summed E-state index contributed by atoms with van der Waals surface area (Å²) in [5, 5.41) is 16.2. The summed E-state index contributed by atoms with van der Waals surface area (Å²) in [6, 6.07) is 11.2. The van der Waals surface area contributed by atoms with E-state index < -0.39 is 15.6 Å². The Hall–Kier alpha value is -4.21. The third-order valence-electron chi connectivity index (χ3n) is 7.13. The molecule has 40 heavy (non-hydrogen) atoms. The van der Waals surface area contributed by atoms with Crippen LogP contribution in [0.3, 0.4) is 0 Å². The zero-order valence-electron chi connectivity index (χ0n) is 22.0. The molecule has 0 unspecified atom stereocenters. The van der Waals surface area contributed by atoms with Crippen LogP contribution >= 0.6 is 11.6 Å². The topological polar surface area (TPSA) is 133 Å². The minimum atomic E-state index is -3.81. The van der Waals surface area contributed by atoms with Crippen molar-refractivity contribution in [2.24, 2.45) is 24.4 Å². The molecule has 11 nitrogen and oxygen atoms in total. The van der Waals surface area contributed by atoms with E-state index in [2.05, 4.69) is 15.5 Å². The largest absolute Gasteiger partial charge is 0.348 e. The van der Waals surface area contributed by atoms with Gasteiger partial charge in [0, 0.05) is 43.4 Å². The molecule has 13 heteroatoms. The lowest BCUT2D eigenvalue weighted by Gasteiger charge is -2.12. The predicted octanol–water partition coefficient (Wildman–Crippen LogP) is 2.93. The Morgan fingerprint density at radius 3 is 2.65 bits per heavy atom. The van der Waals surface area contributed by atoms with Crippen LogP contribution in [0.25, 0.3) is 33.3 Å². The second kappa shape index (κ2) is 9.46. The van der Waals surface area contributed by atoms with E-state index in [0.29, 0.717) is 45.5 Å². The summed E-state index contributed by atoms with van der Waals surface area (Å²) >= 11 is 6.32. The Morgan fingerprint density at radius 1 is 1.20 bits per heavy atom. The molecule has 0 saturated heterocycles. The SMILES string of the molecule is Cn1cc(C#N)cc1-c1c2c(=O)n(C)/c(=N\S(C)(=O)=O)n(CC3CC3)c2nn1Cc1ccnc2ccc(Cl)cc12. The second-order valence-corrected chi connectivity index (χ2v) is 12.3. The van der Waals surface area contributed by atoms with E-state index in [-0.39, 0.29) is 12.2 Å². The maximum absolute atomic E-state index is 13.9. The molecule has 0 radical (unpaired) electrons. The first-order valence-corrected chi connectivity index (χ1v) is 14.8. The maximum atomic E-state index is 13.9. The van der Waals surface area contributed by atoms with Crippen LogP contribution in [0.15, 0.2) is 51.9 Å². The molecule has 1 aromatic carbocycles. The van der Waals surface area contributed by atoms with Gasteiger partial charge in [-0.2, -0.15) is 10.4 Å². The highest BCUT2D eigenvalue weighted by molar-refractivity contribution is 7.89. The minimum Gasteiger partial charge on any atom is -0.348 e. The maximum Gasteiger partial charge on any atom is 0.266 e. The van der Waals surface area contributed by atoms with Crippen LogP contribution in [0.1, 0.15) is 24.0 Å². The van der Waals surface area contributed by atoms with Gasteiger partial charge in [-0.3, -0.25) is 23.6 Å². The number of hydrogen-bond donors (Lipinski definition) is 0. The van der Waals surface area contributed by atoms with Gasteiger partial charge in [-0.05, 0) is 54.7 Å². The zero-order valence-corrected chi connectivity index (χ0v) is 23.6. The summed E-state index contributed by atoms with van der Waals surface area (Å²) in [6.07, 6.45) is 6.39. The predicted molar refractivity (Wildman–Crippen MR) is 151 cm³/mol. The Labute approximate surface area is 234 Å². The first kappa shape index (κ1) is 26.0. The number of fused-ring (bicyclic) bond motifs is 2. The number of benzene rings is 1. The number of aromatic nitrogens is 6. The van der Waals surface area contributed by atoms with Gasteiger partial charge >= 0.3 is 0 Å². The van der Waals surface area contributed by atoms with Crippen LogP contribution in [0.5, 0.6) is 0 Å². The molecule has 4 aromatic heterocycles. The fourth-order valence-electron chi connectivity index (χ4n) is 5.07. The number of pyridine rings is 1. The van der Waals surface area contributed by atoms with Gasteiger partial charge in [0.1, 0.15) is 17.1 Å². The van der Waals surface area contributed by atoms with Crippen molar-refractivity contribution in [2.45, 2.75) is 25.9 Å². The molecule has 1 fully saturated rings. The number of nitriles is 1. The Kier molecular flexibility index (Phi) is 6.16. The average molecular weight is 577 g/mol. The first-order chi connectivity index (χ1) is 19.0. The summed E-state index contributed by atoms with van der Waals surface area (Å²) in [7, 11) is -0.495. The number of hydrogen-bond acceptors (Lipinski definition) is 6. The lowest BCUT2D eigenvalue weighted by atomic mass is 10.1. The van der Waals surface area contributed by atoms with E-state index in [1.54, 1.807) is 45.4 Å². The molecule has 0 bridgehead atoms. The Balaban J connectivity index is 1.72. The molecular weight excluding hydrogens is 552 g/mol. The molecule has 5 aromatic rings. The van der Waals surface area contributed by atoms with E-state index in [4.69, 9.17) is 16.7 Å². The van der Waals surface area contributed by atoms with Crippen molar-refractivity contribution in [3.63, 3.8) is 0 Å². The van der Waals surface area contributed by atoms with Crippen molar-refractivity contribution in [1.29, 1.82) is 5.26 Å². The van der Waals surface area contributed by atoms with E-state index in [9.17, 15) is 18.5 Å². The van der Waals surface area contributed by atoms with E-state index in [0.717, 1.165) is 35.6 Å². The summed E-state index contributed by atoms with van der Waals surface area (Å²) in [5.74, 6) is 0.333. The van der Waals surface area contributed by atoms with Gasteiger partial charge in [-0.15, -0.1) is 4.40 Å². The molecule has 0 aliphatic heterocycles. The number of aryl methyl sites for hydroxylation is 1. The molecule has 0 N–H and O–H groups in total. The van der Waals surface area contributed by atoms with E-state index in [1.165, 1.54) is 11.6 Å². The molecule has 6 rings (SSSR count). The smallest absolute Gasteiger partial charge is 0.266 e. The third kappa shape index (κ3) is 4.61. The molecule has 1 aliphatic carbocycles. The number of nitrogens with zero attached hydrogens (tertiary/aromatic N) is 8. The van der Waals surface area contributed by atoms with Gasteiger partial charge in [0.05, 0.1) is 29.6 Å². The fourth-order valence-corrected chi connectivity index (χ4v) is 5.76. The third-order valence-corrected chi connectivity index (χ3v) is 7.86. The molecule has 1 aliphatic rings. The second-order valence-electron chi connectivity index (χ2n) is 10.2. The van der Waals surface area contributed by atoms with Crippen molar-refractivity contribution in [3.05, 3.63) is 74.8 Å². The molecule has 1 saturated carbocycles. The highest BCUT2D eigenvalue weighted by Gasteiger charge is 2.28. The van der Waals surface area contributed by atoms with Gasteiger partial charge in [-0.1, -0.05) is 11.6 Å².